The van der Waals surface area contributed by atoms with Crippen LogP contribution in [0.3, 0.4) is 0 Å². The Bertz CT molecular complexity index is 556. The first kappa shape index (κ1) is 16.3. The van der Waals surface area contributed by atoms with Crippen molar-refractivity contribution in [3.8, 4) is 0 Å². The van der Waals surface area contributed by atoms with Crippen LogP contribution in [-0.4, -0.2) is 70.7 Å². The molecule has 7 nitrogen and oxygen atoms in total. The van der Waals surface area contributed by atoms with Crippen LogP contribution in [0.5, 0.6) is 0 Å². The van der Waals surface area contributed by atoms with E-state index >= 15 is 0 Å². The summed E-state index contributed by atoms with van der Waals surface area (Å²) < 4.78 is 36.8. The average molecular weight is 330 g/mol. The van der Waals surface area contributed by atoms with Gasteiger partial charge in [-0.05, 0) is 0 Å². The number of carbonyl (C=O) groups is 1. The molecule has 0 radical (unpaired) electrons. The summed E-state index contributed by atoms with van der Waals surface area (Å²) in [5.74, 6) is -1.81. The highest BCUT2D eigenvalue weighted by molar-refractivity contribution is 5.81. The number of likely N-dealkylation sites (tertiary alicyclic amines) is 1. The van der Waals surface area contributed by atoms with Crippen molar-refractivity contribution in [1.29, 1.82) is 0 Å². The van der Waals surface area contributed by atoms with Crippen molar-refractivity contribution < 1.29 is 22.8 Å². The second-order valence-electron chi connectivity index (χ2n) is 6.01. The Labute approximate surface area is 132 Å². The number of piperidine rings is 1. The van der Waals surface area contributed by atoms with E-state index in [9.17, 15) is 13.6 Å². The zero-order chi connectivity index (χ0) is 16.4. The highest BCUT2D eigenvalue weighted by atomic mass is 19.3. The maximum atomic E-state index is 13.2. The van der Waals surface area contributed by atoms with E-state index in [1.54, 1.807) is 6.92 Å². The van der Waals surface area contributed by atoms with Gasteiger partial charge in [0.1, 0.15) is 6.10 Å². The van der Waals surface area contributed by atoms with Crippen molar-refractivity contribution in [2.24, 2.45) is 0 Å². The first-order valence-electron chi connectivity index (χ1n) is 7.73. The third-order valence-electron chi connectivity index (χ3n) is 4.17. The molecule has 0 N–H and O–H groups in total. The molecule has 9 heteroatoms. The van der Waals surface area contributed by atoms with E-state index in [1.807, 2.05) is 4.90 Å². The molecule has 0 aromatic carbocycles. The minimum Gasteiger partial charge on any atom is -0.366 e. The van der Waals surface area contributed by atoms with Crippen LogP contribution in [0.4, 0.5) is 8.78 Å². The Morgan fingerprint density at radius 1 is 1.35 bits per heavy atom. The van der Waals surface area contributed by atoms with E-state index in [2.05, 4.69) is 10.1 Å². The molecule has 2 aliphatic rings. The minimum absolute atomic E-state index is 0.0791. The van der Waals surface area contributed by atoms with Gasteiger partial charge in [-0.1, -0.05) is 5.16 Å². The van der Waals surface area contributed by atoms with Crippen LogP contribution in [-0.2, 0) is 16.1 Å². The summed E-state index contributed by atoms with van der Waals surface area (Å²) in [6, 6.07) is 0. The van der Waals surface area contributed by atoms with Crippen molar-refractivity contribution in [3.63, 3.8) is 0 Å². The maximum Gasteiger partial charge on any atom is 0.253 e. The largest absolute Gasteiger partial charge is 0.366 e. The molecule has 1 atom stereocenters. The van der Waals surface area contributed by atoms with Gasteiger partial charge in [0.05, 0.1) is 13.2 Å². The summed E-state index contributed by atoms with van der Waals surface area (Å²) in [5, 5.41) is 3.84. The van der Waals surface area contributed by atoms with Crippen molar-refractivity contribution in [1.82, 2.24) is 19.9 Å². The highest BCUT2D eigenvalue weighted by Crippen LogP contribution is 2.28. The van der Waals surface area contributed by atoms with Gasteiger partial charge in [-0.15, -0.1) is 0 Å². The average Bonchev–Trinajstić information content (AvgIpc) is 2.92. The van der Waals surface area contributed by atoms with E-state index in [-0.39, 0.29) is 31.8 Å². The third-order valence-corrected chi connectivity index (χ3v) is 4.17. The minimum atomic E-state index is -2.66. The Kier molecular flexibility index (Phi) is 4.58. The number of halogens is 2. The van der Waals surface area contributed by atoms with Crippen LogP contribution >= 0.6 is 0 Å². The molecule has 3 rings (SSSR count). The standard InChI is InChI=1S/C14H20F2N4O3/c1-10-17-12(18-23-10)9-19-6-7-22-11(8-19)13(21)20-4-2-14(15,16)3-5-20/h11H,2-9H2,1H3. The molecule has 1 aromatic rings. The second kappa shape index (κ2) is 6.48. The molecular weight excluding hydrogens is 310 g/mol. The number of aryl methyl sites for hydroxylation is 1. The van der Waals surface area contributed by atoms with Crippen molar-refractivity contribution >= 4 is 5.91 Å². The predicted octanol–water partition coefficient (Wildman–Crippen LogP) is 0.837. The van der Waals surface area contributed by atoms with Crippen LogP contribution in [0.25, 0.3) is 0 Å². The van der Waals surface area contributed by atoms with Crippen molar-refractivity contribution in [2.45, 2.75) is 38.3 Å². The lowest BCUT2D eigenvalue weighted by Gasteiger charge is -2.37. The van der Waals surface area contributed by atoms with Crippen molar-refractivity contribution in [2.75, 3.05) is 32.8 Å². The van der Waals surface area contributed by atoms with Crippen LogP contribution in [0.1, 0.15) is 24.6 Å². The van der Waals surface area contributed by atoms with Crippen LogP contribution in [0, 0.1) is 6.92 Å². The van der Waals surface area contributed by atoms with Gasteiger partial charge in [-0.3, -0.25) is 9.69 Å². The van der Waals surface area contributed by atoms with Gasteiger partial charge in [-0.25, -0.2) is 8.78 Å². The second-order valence-corrected chi connectivity index (χ2v) is 6.01. The summed E-state index contributed by atoms with van der Waals surface area (Å²) >= 11 is 0. The quantitative estimate of drug-likeness (QED) is 0.818. The van der Waals surface area contributed by atoms with E-state index in [1.165, 1.54) is 4.90 Å². The lowest BCUT2D eigenvalue weighted by molar-refractivity contribution is -0.155. The van der Waals surface area contributed by atoms with Gasteiger partial charge in [0.2, 0.25) is 5.89 Å². The van der Waals surface area contributed by atoms with E-state index < -0.39 is 12.0 Å². The number of hydrogen-bond donors (Lipinski definition) is 0. The van der Waals surface area contributed by atoms with Gasteiger partial charge in [0, 0.05) is 45.9 Å². The number of aromatic nitrogens is 2. The summed E-state index contributed by atoms with van der Waals surface area (Å²) in [6.07, 6.45) is -1.18. The molecule has 1 unspecified atom stereocenters. The normalized spacial score (nSPS) is 25.5. The monoisotopic (exact) mass is 330 g/mol. The molecule has 1 aromatic heterocycles. The maximum absolute atomic E-state index is 13.2. The van der Waals surface area contributed by atoms with Gasteiger partial charge in [0.25, 0.3) is 11.8 Å². The number of amides is 1. The van der Waals surface area contributed by atoms with E-state index in [0.717, 1.165) is 0 Å². The molecule has 23 heavy (non-hydrogen) atoms. The molecular formula is C14H20F2N4O3. The number of hydrogen-bond acceptors (Lipinski definition) is 6. The molecule has 0 bridgehead atoms. The SMILES string of the molecule is Cc1nc(CN2CCOC(C(=O)N3CCC(F)(F)CC3)C2)no1. The van der Waals surface area contributed by atoms with Gasteiger partial charge >= 0.3 is 0 Å². The lowest BCUT2D eigenvalue weighted by atomic mass is 10.1. The van der Waals surface area contributed by atoms with Crippen LogP contribution in [0.15, 0.2) is 4.52 Å². The topological polar surface area (TPSA) is 71.7 Å². The first-order valence-corrected chi connectivity index (χ1v) is 7.73. The number of rotatable bonds is 3. The molecule has 2 fully saturated rings. The van der Waals surface area contributed by atoms with E-state index in [0.29, 0.717) is 38.0 Å². The molecule has 2 saturated heterocycles. The molecule has 2 aliphatic heterocycles. The molecule has 1 amide bonds. The molecule has 128 valence electrons. The smallest absolute Gasteiger partial charge is 0.253 e. The number of carbonyl (C=O) groups excluding carboxylic acids is 1. The Hall–Kier alpha value is -1.61. The summed E-state index contributed by atoms with van der Waals surface area (Å²) in [4.78, 5) is 20.1. The molecule has 3 heterocycles. The molecule has 0 saturated carbocycles. The molecule has 0 aliphatic carbocycles. The fourth-order valence-corrected chi connectivity index (χ4v) is 2.86. The predicted molar refractivity (Wildman–Crippen MR) is 74.8 cm³/mol. The van der Waals surface area contributed by atoms with Crippen LogP contribution < -0.4 is 0 Å². The molecule has 0 spiro atoms. The third kappa shape index (κ3) is 4.03. The summed E-state index contributed by atoms with van der Waals surface area (Å²) in [5.41, 5.74) is 0. The zero-order valence-corrected chi connectivity index (χ0v) is 13.0. The Morgan fingerprint density at radius 3 is 2.74 bits per heavy atom. The van der Waals surface area contributed by atoms with Crippen molar-refractivity contribution in [3.05, 3.63) is 11.7 Å². The number of morpholine rings is 1. The fourth-order valence-electron chi connectivity index (χ4n) is 2.86. The fraction of sp³-hybridized carbons (Fsp3) is 0.786. The highest BCUT2D eigenvalue weighted by Gasteiger charge is 2.38. The lowest BCUT2D eigenvalue weighted by Crippen LogP contribution is -2.53. The number of alkyl halides is 2. The van der Waals surface area contributed by atoms with E-state index in [4.69, 9.17) is 9.26 Å². The Balaban J connectivity index is 1.54. The van der Waals surface area contributed by atoms with Gasteiger partial charge in [-0.2, -0.15) is 4.98 Å². The summed E-state index contributed by atoms with van der Waals surface area (Å²) in [7, 11) is 0. The number of ether oxygens (including phenoxy) is 1. The zero-order valence-electron chi connectivity index (χ0n) is 13.0. The van der Waals surface area contributed by atoms with Gasteiger partial charge in [0.15, 0.2) is 5.82 Å². The van der Waals surface area contributed by atoms with Crippen LogP contribution in [0.2, 0.25) is 0 Å². The van der Waals surface area contributed by atoms with Gasteiger partial charge < -0.3 is 14.2 Å². The Morgan fingerprint density at radius 2 is 2.09 bits per heavy atom. The summed E-state index contributed by atoms with van der Waals surface area (Å²) in [6.45, 7) is 3.83. The first-order chi connectivity index (χ1) is 10.9. The number of nitrogens with zero attached hydrogens (tertiary/aromatic N) is 4.